The van der Waals surface area contributed by atoms with Crippen LogP contribution in [-0.2, 0) is 35.4 Å². The van der Waals surface area contributed by atoms with Gasteiger partial charge in [0, 0.05) is 32.1 Å². The van der Waals surface area contributed by atoms with E-state index >= 15 is 0 Å². The number of hydrogen-bond acceptors (Lipinski definition) is 8. The zero-order valence-corrected chi connectivity index (χ0v) is 32.9. The van der Waals surface area contributed by atoms with Crippen LogP contribution in [0.5, 0.6) is 0 Å². The minimum absolute atomic E-state index is 0.0801. The van der Waals surface area contributed by atoms with E-state index in [4.69, 9.17) is 0 Å². The number of carbonyl (C=O) groups is 6. The van der Waals surface area contributed by atoms with E-state index in [1.807, 2.05) is 55.4 Å². The number of aldehydes is 2. The molecule has 6 N–H and O–H groups in total. The van der Waals surface area contributed by atoms with E-state index in [9.17, 15) is 33.9 Å². The molecule has 0 bridgehead atoms. The number of amides is 4. The van der Waals surface area contributed by atoms with Crippen molar-refractivity contribution in [1.29, 1.82) is 0 Å². The van der Waals surface area contributed by atoms with Crippen LogP contribution in [0.4, 0.5) is 5.69 Å². The van der Waals surface area contributed by atoms with Gasteiger partial charge in [0.15, 0.2) is 0 Å². The van der Waals surface area contributed by atoms with Crippen molar-refractivity contribution in [3.05, 3.63) is 42.0 Å². The lowest BCUT2D eigenvalue weighted by Gasteiger charge is -2.25. The molecule has 0 aliphatic heterocycles. The summed E-state index contributed by atoms with van der Waals surface area (Å²) in [5.41, 5.74) is 5.82. The Hall–Kier alpha value is -3.90. The van der Waals surface area contributed by atoms with Crippen molar-refractivity contribution in [2.75, 3.05) is 26.0 Å². The molecule has 1 aromatic rings. The summed E-state index contributed by atoms with van der Waals surface area (Å²) in [7, 11) is 3.21. The lowest BCUT2D eigenvalue weighted by molar-refractivity contribution is -0.132. The van der Waals surface area contributed by atoms with Crippen LogP contribution in [0.25, 0.3) is 0 Å². The van der Waals surface area contributed by atoms with Crippen LogP contribution in [-0.4, -0.2) is 79.4 Å². The number of nitrogens with one attached hydrogen (secondary N) is 3. The zero-order valence-electron chi connectivity index (χ0n) is 32.9. The molecule has 2 atom stereocenters. The lowest BCUT2D eigenvalue weighted by atomic mass is 10.0. The number of anilines is 1. The average Bonchev–Trinajstić information content (AvgIpc) is 3.15. The molecular formula is C38H71N5O7. The summed E-state index contributed by atoms with van der Waals surface area (Å²) in [6.45, 7) is 17.9. The molecule has 0 radical (unpaired) electrons. The van der Waals surface area contributed by atoms with Gasteiger partial charge in [0.05, 0.1) is 6.61 Å². The summed E-state index contributed by atoms with van der Waals surface area (Å²) in [5, 5.41) is 17.6. The third kappa shape index (κ3) is 34.0. The summed E-state index contributed by atoms with van der Waals surface area (Å²) in [5.74, 6) is -1.06. The Bertz CT molecular complexity index is 986. The van der Waals surface area contributed by atoms with Crippen molar-refractivity contribution in [2.45, 2.75) is 132 Å². The first kappa shape index (κ1) is 55.5. The second-order valence-electron chi connectivity index (χ2n) is 10.5. The van der Waals surface area contributed by atoms with Crippen LogP contribution < -0.4 is 21.7 Å². The Balaban J connectivity index is -0.000000382. The molecule has 0 aliphatic rings. The number of aliphatic hydroxyl groups is 1. The average molecular weight is 710 g/mol. The summed E-state index contributed by atoms with van der Waals surface area (Å²) < 4.78 is 0. The van der Waals surface area contributed by atoms with Gasteiger partial charge in [-0.05, 0) is 62.9 Å². The Morgan fingerprint density at radius 1 is 0.880 bits per heavy atom. The fraction of sp³-hybridized carbons (Fsp3) is 0.632. The molecule has 1 aromatic carbocycles. The maximum Gasteiger partial charge on any atom is 0.246 e. The predicted octanol–water partition coefficient (Wildman–Crippen LogP) is 5.57. The molecule has 2 unspecified atom stereocenters. The standard InChI is InChI=1S/C26H42N4O5.C4H6O.C3H6O.2C2H6.CH5N/c1-5-6-10-22(25(34)27-21-14-12-20(17-31)13-15-21)28-26(35)24(19(2)3)29-23(33)11-8-7-9-16-30(4)18-32;1-2-3-4-5;1-2-3-4;3*1-2/h12-15,18-19,22,24,31H,5-11,16-17H2,1-4H3,(H,27,34)(H,28,35)(H,29,33);2-4H,1H3;3H,2H2,1H3;2*1-2H3;2H2,1H3/b;3-2-;;;;. The number of benzene rings is 1. The fourth-order valence-corrected chi connectivity index (χ4v) is 3.60. The molecule has 0 heterocycles. The maximum atomic E-state index is 13.0. The predicted molar refractivity (Wildman–Crippen MR) is 206 cm³/mol. The molecule has 50 heavy (non-hydrogen) atoms. The molecule has 0 aliphatic carbocycles. The van der Waals surface area contributed by atoms with Gasteiger partial charge < -0.3 is 36.5 Å². The number of unbranched alkanes of at least 4 members (excludes halogenated alkanes) is 3. The number of aliphatic hydroxyl groups excluding tert-OH is 1. The summed E-state index contributed by atoms with van der Waals surface area (Å²) in [6, 6.07) is 5.38. The van der Waals surface area contributed by atoms with E-state index in [-0.39, 0.29) is 30.2 Å². The van der Waals surface area contributed by atoms with Crippen LogP contribution in [0, 0.1) is 5.92 Å². The highest BCUT2D eigenvalue weighted by Crippen LogP contribution is 2.12. The highest BCUT2D eigenvalue weighted by molar-refractivity contribution is 5.98. The second-order valence-corrected chi connectivity index (χ2v) is 10.5. The molecule has 0 fully saturated rings. The maximum absolute atomic E-state index is 13.0. The van der Waals surface area contributed by atoms with E-state index in [1.165, 1.54) is 13.1 Å². The third-order valence-electron chi connectivity index (χ3n) is 6.18. The number of nitrogens with zero attached hydrogens (tertiary/aromatic N) is 1. The van der Waals surface area contributed by atoms with E-state index in [2.05, 4.69) is 21.7 Å². The summed E-state index contributed by atoms with van der Waals surface area (Å²) in [6.07, 6.45) is 10.9. The van der Waals surface area contributed by atoms with Crippen LogP contribution in [0.15, 0.2) is 36.4 Å². The van der Waals surface area contributed by atoms with Crippen molar-refractivity contribution in [3.8, 4) is 0 Å². The summed E-state index contributed by atoms with van der Waals surface area (Å²) in [4.78, 5) is 69.1. The van der Waals surface area contributed by atoms with Gasteiger partial charge in [-0.1, -0.05) is 92.9 Å². The van der Waals surface area contributed by atoms with E-state index in [0.29, 0.717) is 37.9 Å². The molecule has 0 spiro atoms. The first-order valence-electron chi connectivity index (χ1n) is 17.9. The molecule has 12 heteroatoms. The van der Waals surface area contributed by atoms with Gasteiger partial charge in [-0.2, -0.15) is 0 Å². The molecule has 0 aromatic heterocycles. The zero-order chi connectivity index (χ0) is 39.8. The minimum atomic E-state index is -0.746. The number of nitrogens with two attached hydrogens (primary N) is 1. The van der Waals surface area contributed by atoms with Gasteiger partial charge >= 0.3 is 0 Å². The van der Waals surface area contributed by atoms with Crippen LogP contribution in [0.2, 0.25) is 0 Å². The van der Waals surface area contributed by atoms with Gasteiger partial charge in [-0.25, -0.2) is 0 Å². The highest BCUT2D eigenvalue weighted by Gasteiger charge is 2.28. The first-order chi connectivity index (χ1) is 24.0. The van der Waals surface area contributed by atoms with Crippen LogP contribution in [0.3, 0.4) is 0 Å². The van der Waals surface area contributed by atoms with Crippen LogP contribution in [0.1, 0.15) is 119 Å². The SMILES string of the molecule is C/C=C\C=O.CC.CC.CCC=O.CCCCC(NC(=O)C(NC(=O)CCCCCN(C)C=O)C(C)C)C(=O)Nc1ccc(CO)cc1.CN. The van der Waals surface area contributed by atoms with Gasteiger partial charge in [-0.3, -0.25) is 24.0 Å². The highest BCUT2D eigenvalue weighted by atomic mass is 16.3. The Kier molecular flexibility index (Phi) is 47.9. The van der Waals surface area contributed by atoms with Gasteiger partial charge in [0.1, 0.15) is 24.7 Å². The van der Waals surface area contributed by atoms with Crippen molar-refractivity contribution in [1.82, 2.24) is 15.5 Å². The van der Waals surface area contributed by atoms with Gasteiger partial charge in [0.25, 0.3) is 0 Å². The number of hydrogen-bond donors (Lipinski definition) is 5. The Labute approximate surface area is 303 Å². The minimum Gasteiger partial charge on any atom is -0.392 e. The van der Waals surface area contributed by atoms with Crippen molar-refractivity contribution in [2.24, 2.45) is 11.7 Å². The van der Waals surface area contributed by atoms with E-state index < -0.39 is 12.1 Å². The van der Waals surface area contributed by atoms with Gasteiger partial charge in [-0.15, -0.1) is 0 Å². The molecule has 0 saturated carbocycles. The number of carbonyl (C=O) groups excluding carboxylic acids is 6. The monoisotopic (exact) mass is 710 g/mol. The largest absolute Gasteiger partial charge is 0.392 e. The first-order valence-corrected chi connectivity index (χ1v) is 17.9. The number of rotatable bonds is 19. The second kappa shape index (κ2) is 43.1. The summed E-state index contributed by atoms with van der Waals surface area (Å²) >= 11 is 0. The molecule has 290 valence electrons. The third-order valence-corrected chi connectivity index (χ3v) is 6.18. The molecule has 1 rings (SSSR count). The lowest BCUT2D eigenvalue weighted by Crippen LogP contribution is -2.54. The molecular weight excluding hydrogens is 638 g/mol. The van der Waals surface area contributed by atoms with E-state index in [1.54, 1.807) is 49.2 Å². The number of allylic oxidation sites excluding steroid dienone is 2. The fourth-order valence-electron chi connectivity index (χ4n) is 3.60. The topological polar surface area (TPSA) is 188 Å². The van der Waals surface area contributed by atoms with Crippen molar-refractivity contribution < 1.29 is 33.9 Å². The normalized spacial score (nSPS) is 10.5. The molecule has 4 amide bonds. The van der Waals surface area contributed by atoms with E-state index in [0.717, 1.165) is 50.2 Å². The quantitative estimate of drug-likeness (QED) is 0.0701. The van der Waals surface area contributed by atoms with Gasteiger partial charge in [0.2, 0.25) is 24.1 Å². The Morgan fingerprint density at radius 3 is 1.84 bits per heavy atom. The van der Waals surface area contributed by atoms with Crippen LogP contribution >= 0.6 is 0 Å². The smallest absolute Gasteiger partial charge is 0.246 e. The van der Waals surface area contributed by atoms with Crippen molar-refractivity contribution >= 4 is 42.4 Å². The molecule has 12 nitrogen and oxygen atoms in total. The molecule has 0 saturated heterocycles. The van der Waals surface area contributed by atoms with Crippen molar-refractivity contribution in [3.63, 3.8) is 0 Å². The Morgan fingerprint density at radius 2 is 1.44 bits per heavy atom.